The van der Waals surface area contributed by atoms with E-state index < -0.39 is 0 Å². The summed E-state index contributed by atoms with van der Waals surface area (Å²) < 4.78 is 0. The van der Waals surface area contributed by atoms with E-state index in [-0.39, 0.29) is 5.54 Å². The Hall–Kier alpha value is -1.16. The molecule has 0 saturated heterocycles. The molecular weight excluding hydrogens is 260 g/mol. The maximum atomic E-state index is 4.57. The second kappa shape index (κ2) is 7.21. The van der Waals surface area contributed by atoms with Crippen LogP contribution in [0.2, 0.25) is 0 Å². The van der Waals surface area contributed by atoms with Gasteiger partial charge in [0.25, 0.3) is 0 Å². The SMILES string of the molecule is CN(CC1CCCCC1)c1cnc(CNC(C)(C)C)cn1. The lowest BCUT2D eigenvalue weighted by Crippen LogP contribution is -2.35. The van der Waals surface area contributed by atoms with Gasteiger partial charge in [-0.3, -0.25) is 4.98 Å². The first kappa shape index (κ1) is 16.2. The Morgan fingerprint density at radius 1 is 1.14 bits per heavy atom. The molecule has 1 heterocycles. The van der Waals surface area contributed by atoms with Crippen molar-refractivity contribution in [3.05, 3.63) is 18.1 Å². The van der Waals surface area contributed by atoms with E-state index >= 15 is 0 Å². The minimum Gasteiger partial charge on any atom is -0.358 e. The summed E-state index contributed by atoms with van der Waals surface area (Å²) in [6, 6.07) is 0. The number of anilines is 1. The molecule has 4 nitrogen and oxygen atoms in total. The van der Waals surface area contributed by atoms with Crippen LogP contribution in [0.15, 0.2) is 12.4 Å². The summed E-state index contributed by atoms with van der Waals surface area (Å²) in [7, 11) is 2.13. The van der Waals surface area contributed by atoms with E-state index in [4.69, 9.17) is 0 Å². The third kappa shape index (κ3) is 5.62. The third-order valence-electron chi connectivity index (χ3n) is 4.14. The Kier molecular flexibility index (Phi) is 5.57. The highest BCUT2D eigenvalue weighted by Crippen LogP contribution is 2.25. The van der Waals surface area contributed by atoms with Crippen molar-refractivity contribution in [3.8, 4) is 0 Å². The van der Waals surface area contributed by atoms with Crippen molar-refractivity contribution in [1.82, 2.24) is 15.3 Å². The average molecular weight is 290 g/mol. The zero-order valence-electron chi connectivity index (χ0n) is 14.0. The topological polar surface area (TPSA) is 41.1 Å². The van der Waals surface area contributed by atoms with Gasteiger partial charge in [-0.2, -0.15) is 0 Å². The predicted molar refractivity (Wildman–Crippen MR) is 88.5 cm³/mol. The van der Waals surface area contributed by atoms with Crippen molar-refractivity contribution in [2.24, 2.45) is 5.92 Å². The molecule has 1 saturated carbocycles. The minimum atomic E-state index is 0.109. The molecule has 1 N–H and O–H groups in total. The van der Waals surface area contributed by atoms with Gasteiger partial charge in [0.15, 0.2) is 0 Å². The Morgan fingerprint density at radius 2 is 1.86 bits per heavy atom. The smallest absolute Gasteiger partial charge is 0.146 e. The van der Waals surface area contributed by atoms with Gasteiger partial charge in [-0.25, -0.2) is 4.98 Å². The van der Waals surface area contributed by atoms with E-state index in [1.54, 1.807) is 0 Å². The average Bonchev–Trinajstić information content (AvgIpc) is 2.46. The lowest BCUT2D eigenvalue weighted by atomic mass is 9.89. The maximum absolute atomic E-state index is 4.57. The molecule has 0 bridgehead atoms. The van der Waals surface area contributed by atoms with Gasteiger partial charge in [-0.15, -0.1) is 0 Å². The van der Waals surface area contributed by atoms with Crippen molar-refractivity contribution < 1.29 is 0 Å². The fraction of sp³-hybridized carbons (Fsp3) is 0.765. The Balaban J connectivity index is 1.85. The van der Waals surface area contributed by atoms with Crippen LogP contribution in [-0.4, -0.2) is 29.1 Å². The van der Waals surface area contributed by atoms with Crippen LogP contribution in [0.25, 0.3) is 0 Å². The molecule has 118 valence electrons. The van der Waals surface area contributed by atoms with Gasteiger partial charge in [0.05, 0.1) is 18.1 Å². The van der Waals surface area contributed by atoms with Crippen molar-refractivity contribution in [1.29, 1.82) is 0 Å². The first-order valence-electron chi connectivity index (χ1n) is 8.21. The van der Waals surface area contributed by atoms with Crippen LogP contribution >= 0.6 is 0 Å². The number of hydrogen-bond acceptors (Lipinski definition) is 4. The Bertz CT molecular complexity index is 415. The molecule has 1 aliphatic rings. The van der Waals surface area contributed by atoms with Crippen molar-refractivity contribution >= 4 is 5.82 Å². The van der Waals surface area contributed by atoms with Gasteiger partial charge < -0.3 is 10.2 Å². The molecule has 4 heteroatoms. The van der Waals surface area contributed by atoms with Crippen LogP contribution in [0.4, 0.5) is 5.82 Å². The van der Waals surface area contributed by atoms with Crippen LogP contribution < -0.4 is 10.2 Å². The molecule has 0 spiro atoms. The molecule has 0 amide bonds. The van der Waals surface area contributed by atoms with Crippen LogP contribution in [0.1, 0.15) is 58.6 Å². The summed E-state index contributed by atoms with van der Waals surface area (Å²) in [6.45, 7) is 8.35. The molecule has 0 aliphatic heterocycles. The van der Waals surface area contributed by atoms with Gasteiger partial charge >= 0.3 is 0 Å². The molecule has 1 aliphatic carbocycles. The molecule has 0 radical (unpaired) electrons. The first-order valence-corrected chi connectivity index (χ1v) is 8.21. The number of hydrogen-bond donors (Lipinski definition) is 1. The van der Waals surface area contributed by atoms with E-state index in [0.717, 1.165) is 30.5 Å². The highest BCUT2D eigenvalue weighted by Gasteiger charge is 2.16. The second-order valence-electron chi connectivity index (χ2n) is 7.35. The fourth-order valence-corrected chi connectivity index (χ4v) is 2.84. The number of nitrogens with one attached hydrogen (secondary N) is 1. The zero-order chi connectivity index (χ0) is 15.3. The van der Waals surface area contributed by atoms with Crippen molar-refractivity contribution in [2.45, 2.75) is 65.0 Å². The number of rotatable bonds is 5. The van der Waals surface area contributed by atoms with Gasteiger partial charge in [0.2, 0.25) is 0 Å². The van der Waals surface area contributed by atoms with Gasteiger partial charge in [-0.05, 0) is 39.5 Å². The Morgan fingerprint density at radius 3 is 2.43 bits per heavy atom. The monoisotopic (exact) mass is 290 g/mol. The Labute approximate surface area is 129 Å². The molecule has 1 aromatic rings. The number of aromatic nitrogens is 2. The van der Waals surface area contributed by atoms with E-state index in [2.05, 4.69) is 48.0 Å². The lowest BCUT2D eigenvalue weighted by molar-refractivity contribution is 0.361. The van der Waals surface area contributed by atoms with Crippen LogP contribution in [0.5, 0.6) is 0 Å². The molecule has 0 unspecified atom stereocenters. The largest absolute Gasteiger partial charge is 0.358 e. The van der Waals surface area contributed by atoms with Crippen LogP contribution in [0, 0.1) is 5.92 Å². The van der Waals surface area contributed by atoms with E-state index in [1.807, 2.05) is 12.4 Å². The van der Waals surface area contributed by atoms with Gasteiger partial charge in [-0.1, -0.05) is 19.3 Å². The first-order chi connectivity index (χ1) is 9.94. The molecule has 0 aromatic carbocycles. The summed E-state index contributed by atoms with van der Waals surface area (Å²) in [4.78, 5) is 11.4. The molecule has 0 atom stereocenters. The van der Waals surface area contributed by atoms with E-state index in [0.29, 0.717) is 0 Å². The minimum absolute atomic E-state index is 0.109. The summed E-state index contributed by atoms with van der Waals surface area (Å²) in [6.07, 6.45) is 10.7. The van der Waals surface area contributed by atoms with Crippen LogP contribution in [-0.2, 0) is 6.54 Å². The predicted octanol–water partition coefficient (Wildman–Crippen LogP) is 3.38. The quantitative estimate of drug-likeness (QED) is 0.902. The summed E-state index contributed by atoms with van der Waals surface area (Å²) in [5, 5.41) is 3.44. The summed E-state index contributed by atoms with van der Waals surface area (Å²) in [5.74, 6) is 1.81. The molecular formula is C17H30N4. The normalized spacial score (nSPS) is 17.0. The molecule has 1 fully saturated rings. The highest BCUT2D eigenvalue weighted by atomic mass is 15.2. The molecule has 2 rings (SSSR count). The van der Waals surface area contributed by atoms with Crippen LogP contribution in [0.3, 0.4) is 0 Å². The summed E-state index contributed by atoms with van der Waals surface area (Å²) >= 11 is 0. The highest BCUT2D eigenvalue weighted by molar-refractivity contribution is 5.34. The fourth-order valence-electron chi connectivity index (χ4n) is 2.84. The van der Waals surface area contributed by atoms with Crippen molar-refractivity contribution in [2.75, 3.05) is 18.5 Å². The lowest BCUT2D eigenvalue weighted by Gasteiger charge is -2.27. The maximum Gasteiger partial charge on any atom is 0.146 e. The standard InChI is InChI=1S/C17H30N4/c1-17(2,3)20-11-15-10-19-16(12-18-15)21(4)13-14-8-6-5-7-9-14/h10,12,14,20H,5-9,11,13H2,1-4H3. The van der Waals surface area contributed by atoms with Gasteiger partial charge in [0.1, 0.15) is 5.82 Å². The van der Waals surface area contributed by atoms with E-state index in [1.165, 1.54) is 32.1 Å². The van der Waals surface area contributed by atoms with Gasteiger partial charge in [0, 0.05) is 25.7 Å². The summed E-state index contributed by atoms with van der Waals surface area (Å²) in [5.41, 5.74) is 1.11. The van der Waals surface area contributed by atoms with E-state index in [9.17, 15) is 0 Å². The zero-order valence-corrected chi connectivity index (χ0v) is 14.0. The third-order valence-corrected chi connectivity index (χ3v) is 4.14. The second-order valence-corrected chi connectivity index (χ2v) is 7.35. The van der Waals surface area contributed by atoms with Crippen molar-refractivity contribution in [3.63, 3.8) is 0 Å². The molecule has 1 aromatic heterocycles. The number of nitrogens with zero attached hydrogens (tertiary/aromatic N) is 3. The molecule has 21 heavy (non-hydrogen) atoms.